The number of aryl methyl sites for hydroxylation is 1. The summed E-state index contributed by atoms with van der Waals surface area (Å²) in [6.07, 6.45) is 0. The molecule has 8 aromatic rings. The van der Waals surface area contributed by atoms with Crippen molar-refractivity contribution in [1.82, 2.24) is 0 Å². The standard InChI is InChI=1S/C45H28NO2PS/c1-28-21-29(27-46)23-31(22-28)30-19-20-37-44(24-30)50-43-18-10-7-15-36(43)45(37)35-14-6-9-17-41(35)49(47,32-11-3-2-4-12-32)42-26-40-34(25-38(42)45)33-13-5-8-16-39(33)48-40/h2-26H,1H3. The Morgan fingerprint density at radius 1 is 0.600 bits per heavy atom. The summed E-state index contributed by atoms with van der Waals surface area (Å²) in [5.41, 5.74) is 8.94. The summed E-state index contributed by atoms with van der Waals surface area (Å²) in [7, 11) is -3.38. The van der Waals surface area contributed by atoms with E-state index in [-0.39, 0.29) is 0 Å². The molecule has 0 saturated heterocycles. The molecule has 7 aromatic carbocycles. The minimum Gasteiger partial charge on any atom is -0.456 e. The molecule has 5 heteroatoms. The summed E-state index contributed by atoms with van der Waals surface area (Å²) >= 11 is 1.77. The molecule has 2 aliphatic rings. The van der Waals surface area contributed by atoms with Crippen LogP contribution in [0.15, 0.2) is 166 Å². The largest absolute Gasteiger partial charge is 0.456 e. The first-order valence-corrected chi connectivity index (χ1v) is 19.2. The third-order valence-electron chi connectivity index (χ3n) is 10.4. The second-order valence-electron chi connectivity index (χ2n) is 13.2. The lowest BCUT2D eigenvalue weighted by Crippen LogP contribution is -2.48. The first-order valence-electron chi connectivity index (χ1n) is 16.7. The van der Waals surface area contributed by atoms with Crippen LogP contribution in [0.3, 0.4) is 0 Å². The zero-order chi connectivity index (χ0) is 33.6. The molecule has 0 bridgehead atoms. The van der Waals surface area contributed by atoms with Crippen molar-refractivity contribution in [2.75, 3.05) is 0 Å². The van der Waals surface area contributed by atoms with E-state index in [0.717, 1.165) is 81.0 Å². The van der Waals surface area contributed by atoms with Crippen molar-refractivity contribution in [2.45, 2.75) is 22.1 Å². The smallest absolute Gasteiger partial charge is 0.171 e. The van der Waals surface area contributed by atoms with Gasteiger partial charge in [0, 0.05) is 36.5 Å². The van der Waals surface area contributed by atoms with Crippen molar-refractivity contribution in [3.05, 3.63) is 185 Å². The first-order chi connectivity index (χ1) is 24.5. The molecule has 2 unspecified atom stereocenters. The van der Waals surface area contributed by atoms with Crippen LogP contribution in [0, 0.1) is 18.3 Å². The Hall–Kier alpha value is -5.59. The van der Waals surface area contributed by atoms with E-state index in [1.54, 1.807) is 11.8 Å². The lowest BCUT2D eigenvalue weighted by molar-refractivity contribution is 0.589. The molecule has 10 rings (SSSR count). The van der Waals surface area contributed by atoms with Crippen LogP contribution in [-0.2, 0) is 9.98 Å². The molecule has 0 fully saturated rings. The van der Waals surface area contributed by atoms with Crippen LogP contribution in [0.4, 0.5) is 0 Å². The van der Waals surface area contributed by atoms with E-state index in [0.29, 0.717) is 5.56 Å². The fourth-order valence-electron chi connectivity index (χ4n) is 8.40. The summed E-state index contributed by atoms with van der Waals surface area (Å²) < 4.78 is 22.7. The summed E-state index contributed by atoms with van der Waals surface area (Å²) in [6.45, 7) is 2.03. The Bertz CT molecular complexity index is 2810. The maximum atomic E-state index is 16.2. The molecule has 0 saturated carbocycles. The summed E-state index contributed by atoms with van der Waals surface area (Å²) in [5, 5.41) is 14.3. The molecule has 2 atom stereocenters. The lowest BCUT2D eigenvalue weighted by Gasteiger charge is -2.47. The average molecular weight is 678 g/mol. The Morgan fingerprint density at radius 3 is 2.20 bits per heavy atom. The van der Waals surface area contributed by atoms with Crippen LogP contribution < -0.4 is 15.9 Å². The zero-order valence-corrected chi connectivity index (χ0v) is 28.8. The van der Waals surface area contributed by atoms with Crippen LogP contribution in [0.1, 0.15) is 33.4 Å². The minimum absolute atomic E-state index is 0.648. The SMILES string of the molecule is Cc1cc(C#N)cc(-c2ccc3c(c2)Sc2ccccc2C32c3ccccc3P(=O)(c3ccccc3)c3cc4oc5ccccc5c4cc32)c1. The maximum absolute atomic E-state index is 16.2. The molecule has 236 valence electrons. The van der Waals surface area contributed by atoms with Gasteiger partial charge in [0.15, 0.2) is 7.14 Å². The predicted molar refractivity (Wildman–Crippen MR) is 204 cm³/mol. The molecule has 1 aromatic heterocycles. The number of furan rings is 1. The van der Waals surface area contributed by atoms with Gasteiger partial charge in [0.2, 0.25) is 0 Å². The molecular weight excluding hydrogens is 650 g/mol. The molecule has 0 radical (unpaired) electrons. The number of para-hydroxylation sites is 1. The van der Waals surface area contributed by atoms with Gasteiger partial charge in [-0.1, -0.05) is 121 Å². The molecule has 1 spiro atoms. The van der Waals surface area contributed by atoms with Crippen molar-refractivity contribution in [3.8, 4) is 17.2 Å². The molecule has 3 heterocycles. The third-order valence-corrected chi connectivity index (χ3v) is 14.7. The lowest BCUT2D eigenvalue weighted by atomic mass is 9.64. The van der Waals surface area contributed by atoms with Crippen molar-refractivity contribution in [1.29, 1.82) is 5.26 Å². The highest BCUT2D eigenvalue weighted by Gasteiger charge is 2.54. The Morgan fingerprint density at radius 2 is 1.34 bits per heavy atom. The number of nitrogens with zero attached hydrogens (tertiary/aromatic N) is 1. The molecule has 0 aliphatic carbocycles. The van der Waals surface area contributed by atoms with E-state index in [2.05, 4.69) is 91.0 Å². The van der Waals surface area contributed by atoms with E-state index in [4.69, 9.17) is 4.42 Å². The van der Waals surface area contributed by atoms with E-state index in [9.17, 15) is 5.26 Å². The van der Waals surface area contributed by atoms with Gasteiger partial charge >= 0.3 is 0 Å². The second kappa shape index (κ2) is 10.7. The van der Waals surface area contributed by atoms with Gasteiger partial charge in [0.1, 0.15) is 11.2 Å². The van der Waals surface area contributed by atoms with E-state index in [1.807, 2.05) is 73.7 Å². The second-order valence-corrected chi connectivity index (χ2v) is 17.0. The van der Waals surface area contributed by atoms with Crippen molar-refractivity contribution >= 4 is 56.8 Å². The van der Waals surface area contributed by atoms with Gasteiger partial charge in [-0.2, -0.15) is 5.26 Å². The monoisotopic (exact) mass is 677 g/mol. The number of benzene rings is 7. The van der Waals surface area contributed by atoms with Crippen molar-refractivity contribution < 1.29 is 8.98 Å². The van der Waals surface area contributed by atoms with Gasteiger partial charge < -0.3 is 8.98 Å². The Labute approximate surface area is 294 Å². The molecule has 0 amide bonds. The van der Waals surface area contributed by atoms with Gasteiger partial charge in [0.05, 0.1) is 17.0 Å². The molecule has 2 aliphatic heterocycles. The van der Waals surface area contributed by atoms with Gasteiger partial charge in [-0.25, -0.2) is 0 Å². The molecule has 0 N–H and O–H groups in total. The van der Waals surface area contributed by atoms with Gasteiger partial charge in [-0.15, -0.1) is 0 Å². The Balaban J connectivity index is 1.37. The fraction of sp³-hybridized carbons (Fsp3) is 0.0444. The minimum atomic E-state index is -3.38. The summed E-state index contributed by atoms with van der Waals surface area (Å²) in [6, 6.07) is 54.6. The summed E-state index contributed by atoms with van der Waals surface area (Å²) in [4.78, 5) is 2.30. The van der Waals surface area contributed by atoms with Crippen molar-refractivity contribution in [2.24, 2.45) is 0 Å². The highest BCUT2D eigenvalue weighted by Crippen LogP contribution is 2.62. The highest BCUT2D eigenvalue weighted by molar-refractivity contribution is 7.99. The predicted octanol–water partition coefficient (Wildman–Crippen LogP) is 10.2. The van der Waals surface area contributed by atoms with Gasteiger partial charge in [0.25, 0.3) is 0 Å². The average Bonchev–Trinajstić information content (AvgIpc) is 3.53. The van der Waals surface area contributed by atoms with Crippen molar-refractivity contribution in [3.63, 3.8) is 0 Å². The molecule has 3 nitrogen and oxygen atoms in total. The van der Waals surface area contributed by atoms with E-state index < -0.39 is 12.6 Å². The van der Waals surface area contributed by atoms with Crippen LogP contribution in [0.2, 0.25) is 0 Å². The maximum Gasteiger partial charge on any atom is 0.171 e. The van der Waals surface area contributed by atoms with Crippen LogP contribution >= 0.6 is 18.9 Å². The zero-order valence-electron chi connectivity index (χ0n) is 27.1. The van der Waals surface area contributed by atoms with Gasteiger partial charge in [-0.3, -0.25) is 0 Å². The number of rotatable bonds is 2. The Kier molecular flexibility index (Phi) is 6.28. The summed E-state index contributed by atoms with van der Waals surface area (Å²) in [5.74, 6) is 0. The molecular formula is C45H28NO2PS. The highest BCUT2D eigenvalue weighted by atomic mass is 32.2. The number of fused-ring (bicyclic) bond motifs is 11. The van der Waals surface area contributed by atoms with Crippen LogP contribution in [0.25, 0.3) is 33.1 Å². The van der Waals surface area contributed by atoms with Gasteiger partial charge in [-0.05, 0) is 88.3 Å². The number of nitriles is 1. The number of hydrogen-bond acceptors (Lipinski definition) is 4. The van der Waals surface area contributed by atoms with E-state index in [1.165, 1.54) is 5.56 Å². The first kappa shape index (κ1) is 29.3. The quantitative estimate of drug-likeness (QED) is 0.171. The van der Waals surface area contributed by atoms with Crippen LogP contribution in [0.5, 0.6) is 0 Å². The fourth-order valence-corrected chi connectivity index (χ4v) is 12.8. The number of hydrogen-bond donors (Lipinski definition) is 0. The van der Waals surface area contributed by atoms with E-state index >= 15 is 4.57 Å². The molecule has 50 heavy (non-hydrogen) atoms. The topological polar surface area (TPSA) is 54.0 Å². The van der Waals surface area contributed by atoms with Crippen LogP contribution in [-0.4, -0.2) is 0 Å². The normalized spacial score (nSPS) is 18.6. The third kappa shape index (κ3) is 3.91.